The van der Waals surface area contributed by atoms with Crippen molar-refractivity contribution >= 4 is 35.0 Å². The molecule has 3 aliphatic rings. The monoisotopic (exact) mass is 648 g/mol. The van der Waals surface area contributed by atoms with Gasteiger partial charge in [-0.25, -0.2) is 9.37 Å². The molecular weight excluding hydrogens is 620 g/mol. The number of carbonyl (C=O) groups is 3. The van der Waals surface area contributed by atoms with Crippen LogP contribution in [-0.4, -0.2) is 71.0 Å². The first-order valence-electron chi connectivity index (χ1n) is 14.4. The lowest BCUT2D eigenvalue weighted by Gasteiger charge is -2.31. The summed E-state index contributed by atoms with van der Waals surface area (Å²) < 4.78 is 59.0. The molecule has 3 heterocycles. The molecule has 0 spiro atoms. The smallest absolute Gasteiger partial charge is 0.387 e. The van der Waals surface area contributed by atoms with Crippen LogP contribution in [0.4, 0.5) is 23.2 Å². The van der Waals surface area contributed by atoms with E-state index >= 15 is 0 Å². The Morgan fingerprint density at radius 1 is 1.07 bits per heavy atom. The molecule has 0 radical (unpaired) electrons. The number of carbonyl (C=O) groups excluding carboxylic acids is 3. The van der Waals surface area contributed by atoms with Gasteiger partial charge in [0, 0.05) is 56.4 Å². The molecule has 3 atom stereocenters. The number of alkyl halides is 2. The van der Waals surface area contributed by atoms with Gasteiger partial charge < -0.3 is 30.2 Å². The molecule has 238 valence electrons. The number of fused-ring (bicyclic) bond motifs is 1. The summed E-state index contributed by atoms with van der Waals surface area (Å²) in [4.78, 5) is 44.6. The number of rotatable bonds is 8. The summed E-state index contributed by atoms with van der Waals surface area (Å²) >= 11 is 6.43. The first-order chi connectivity index (χ1) is 21.5. The second-order valence-corrected chi connectivity index (χ2v) is 11.8. The van der Waals surface area contributed by atoms with E-state index in [1.807, 2.05) is 0 Å². The van der Waals surface area contributed by atoms with E-state index < -0.39 is 29.9 Å². The van der Waals surface area contributed by atoms with Crippen molar-refractivity contribution in [3.63, 3.8) is 0 Å². The van der Waals surface area contributed by atoms with E-state index in [9.17, 15) is 31.9 Å². The summed E-state index contributed by atoms with van der Waals surface area (Å²) in [7, 11) is 1.40. The van der Waals surface area contributed by atoms with Crippen LogP contribution in [0.5, 0.6) is 5.75 Å². The average molecular weight is 649 g/mol. The molecule has 2 aliphatic heterocycles. The predicted octanol–water partition coefficient (Wildman–Crippen LogP) is 4.06. The van der Waals surface area contributed by atoms with Gasteiger partial charge in [-0.1, -0.05) is 11.6 Å². The van der Waals surface area contributed by atoms with E-state index in [1.165, 1.54) is 29.8 Å². The molecule has 45 heavy (non-hydrogen) atoms. The van der Waals surface area contributed by atoms with Crippen molar-refractivity contribution in [2.45, 2.75) is 25.5 Å². The molecule has 3 aromatic rings. The first-order valence-corrected chi connectivity index (χ1v) is 14.8. The number of benzene rings is 2. The van der Waals surface area contributed by atoms with Crippen LogP contribution in [0.1, 0.15) is 33.8 Å². The molecule has 0 bridgehead atoms. The Labute approximate surface area is 260 Å². The Bertz CT molecular complexity index is 1650. The summed E-state index contributed by atoms with van der Waals surface area (Å²) in [6.07, 6.45) is 2.25. The Hall–Kier alpha value is -4.17. The maximum absolute atomic E-state index is 14.7. The fourth-order valence-electron chi connectivity index (χ4n) is 6.17. The van der Waals surface area contributed by atoms with E-state index in [0.29, 0.717) is 37.8 Å². The minimum Gasteiger partial charge on any atom is -0.432 e. The number of ether oxygens (including phenoxy) is 1. The van der Waals surface area contributed by atoms with Gasteiger partial charge in [0.05, 0.1) is 22.5 Å². The number of nitrogens with zero attached hydrogens (tertiary/aromatic N) is 3. The Kier molecular flexibility index (Phi) is 8.44. The Morgan fingerprint density at radius 2 is 1.78 bits per heavy atom. The summed E-state index contributed by atoms with van der Waals surface area (Å²) in [5.41, 5.74) is 0.188. The van der Waals surface area contributed by atoms with E-state index in [4.69, 9.17) is 11.6 Å². The number of halogens is 5. The molecule has 10 nitrogen and oxygen atoms in total. The molecule has 1 aromatic heterocycles. The molecule has 2 aromatic carbocycles. The number of imidazole rings is 1. The fraction of sp³-hybridized carbons (Fsp3) is 0.400. The number of amides is 3. The van der Waals surface area contributed by atoms with Gasteiger partial charge in [-0.05, 0) is 55.0 Å². The highest BCUT2D eigenvalue weighted by Gasteiger charge is 2.54. The second kappa shape index (κ2) is 12.3. The molecule has 3 amide bonds. The summed E-state index contributed by atoms with van der Waals surface area (Å²) in [6, 6.07) is 6.56. The minimum atomic E-state index is -3.33. The van der Waals surface area contributed by atoms with Crippen molar-refractivity contribution in [2.75, 3.05) is 31.5 Å². The number of piperidine rings is 2. The molecule has 3 N–H and O–H groups in total. The third kappa shape index (κ3) is 6.08. The molecule has 3 fully saturated rings. The van der Waals surface area contributed by atoms with Gasteiger partial charge in [0.2, 0.25) is 11.7 Å². The number of nitrogens with one attached hydrogen (secondary N) is 3. The van der Waals surface area contributed by atoms with Gasteiger partial charge in [-0.2, -0.15) is 13.2 Å². The number of anilines is 1. The molecular formula is C30H29ClF4N6O4. The highest BCUT2D eigenvalue weighted by Crippen LogP contribution is 2.42. The van der Waals surface area contributed by atoms with Crippen molar-refractivity contribution in [1.82, 2.24) is 25.1 Å². The molecule has 1 aliphatic carbocycles. The lowest BCUT2D eigenvalue weighted by atomic mass is 9.95. The number of aromatic nitrogens is 2. The van der Waals surface area contributed by atoms with Crippen LogP contribution in [0.15, 0.2) is 36.5 Å². The predicted molar refractivity (Wildman–Crippen MR) is 155 cm³/mol. The largest absolute Gasteiger partial charge is 0.432 e. The zero-order valence-corrected chi connectivity index (χ0v) is 24.7. The highest BCUT2D eigenvalue weighted by atomic mass is 35.5. The van der Waals surface area contributed by atoms with E-state index in [1.54, 1.807) is 4.90 Å². The molecule has 2 saturated heterocycles. The standard InChI is InChI=1S/C30H29ClF4N6O4/c1-40-21(17-4-5-22(45-30(34)35)24(33)23(17)32)13-37-26(40)28(43)38-15-2-3-16(20(31)10-15)29(44)41-8-6-14(7-9-41)27(42)39-25-18-11-36-12-19(18)25/h2-5,10,13-14,18-19,25,30,36H,6-9,11-12H2,1H3,(H,38,43)(H,39,42)/t18-,19?,25+/m1/s1. The van der Waals surface area contributed by atoms with Crippen molar-refractivity contribution < 1.29 is 36.7 Å². The van der Waals surface area contributed by atoms with Gasteiger partial charge in [-0.15, -0.1) is 0 Å². The summed E-state index contributed by atoms with van der Waals surface area (Å²) in [6.45, 7) is -0.615. The molecule has 6 rings (SSSR count). The molecule has 15 heteroatoms. The normalized spacial score (nSPS) is 21.0. The Morgan fingerprint density at radius 3 is 2.44 bits per heavy atom. The fourth-order valence-corrected chi connectivity index (χ4v) is 6.43. The SMILES string of the molecule is Cn1c(-c2ccc(OC(F)F)c(F)c2F)cnc1C(=O)Nc1ccc(C(=O)N2CCC(C(=O)N[C@@H]3C4CNC[C@H]43)CC2)c(Cl)c1. The van der Waals surface area contributed by atoms with Crippen molar-refractivity contribution in [2.24, 2.45) is 24.8 Å². The highest BCUT2D eigenvalue weighted by molar-refractivity contribution is 6.34. The summed E-state index contributed by atoms with van der Waals surface area (Å²) in [5.74, 6) is -4.18. The first kappa shape index (κ1) is 30.8. The minimum absolute atomic E-state index is 0.00720. The zero-order chi connectivity index (χ0) is 32.0. The van der Waals surface area contributed by atoms with Crippen LogP contribution in [-0.2, 0) is 11.8 Å². The summed E-state index contributed by atoms with van der Waals surface area (Å²) in [5, 5.41) is 9.19. The van der Waals surface area contributed by atoms with Crippen LogP contribution < -0.4 is 20.7 Å². The molecule has 1 saturated carbocycles. The van der Waals surface area contributed by atoms with Gasteiger partial charge in [0.15, 0.2) is 17.4 Å². The third-order valence-electron chi connectivity index (χ3n) is 8.74. The topological polar surface area (TPSA) is 118 Å². The van der Waals surface area contributed by atoms with Crippen LogP contribution >= 0.6 is 11.6 Å². The van der Waals surface area contributed by atoms with Gasteiger partial charge in [0.25, 0.3) is 11.8 Å². The van der Waals surface area contributed by atoms with E-state index in [2.05, 4.69) is 25.7 Å². The third-order valence-corrected chi connectivity index (χ3v) is 9.05. The maximum Gasteiger partial charge on any atom is 0.387 e. The lowest BCUT2D eigenvalue weighted by molar-refractivity contribution is -0.126. The average Bonchev–Trinajstić information content (AvgIpc) is 3.31. The van der Waals surface area contributed by atoms with Crippen molar-refractivity contribution in [3.8, 4) is 17.0 Å². The number of hydrogen-bond donors (Lipinski definition) is 3. The molecule has 1 unspecified atom stereocenters. The van der Waals surface area contributed by atoms with Crippen LogP contribution in [0.2, 0.25) is 5.02 Å². The van der Waals surface area contributed by atoms with E-state index in [-0.39, 0.29) is 57.1 Å². The van der Waals surface area contributed by atoms with Crippen LogP contribution in [0.3, 0.4) is 0 Å². The van der Waals surface area contributed by atoms with Gasteiger partial charge in [-0.3, -0.25) is 14.4 Å². The maximum atomic E-state index is 14.7. The second-order valence-electron chi connectivity index (χ2n) is 11.4. The van der Waals surface area contributed by atoms with Crippen molar-refractivity contribution in [3.05, 3.63) is 64.6 Å². The Balaban J connectivity index is 1.06. The number of likely N-dealkylation sites (tertiary alicyclic amines) is 1. The van der Waals surface area contributed by atoms with Gasteiger partial charge in [0.1, 0.15) is 0 Å². The zero-order valence-electron chi connectivity index (χ0n) is 24.0. The van der Waals surface area contributed by atoms with Crippen molar-refractivity contribution in [1.29, 1.82) is 0 Å². The van der Waals surface area contributed by atoms with Crippen LogP contribution in [0.25, 0.3) is 11.3 Å². The quantitative estimate of drug-likeness (QED) is 0.317. The lowest BCUT2D eigenvalue weighted by Crippen LogP contribution is -2.44. The number of hydrogen-bond acceptors (Lipinski definition) is 6. The van der Waals surface area contributed by atoms with E-state index in [0.717, 1.165) is 31.4 Å². The van der Waals surface area contributed by atoms with Crippen LogP contribution in [0, 0.1) is 29.4 Å². The van der Waals surface area contributed by atoms with Gasteiger partial charge >= 0.3 is 6.61 Å².